The maximum atomic E-state index is 12.1. The summed E-state index contributed by atoms with van der Waals surface area (Å²) < 4.78 is 2.01. The SMILES string of the molecule is CC(CN(C)C(=O)NCc1ccc(-n2cnc3ccccc32)cc1)C(=O)O. The summed E-state index contributed by atoms with van der Waals surface area (Å²) in [5.74, 6) is -1.53. The summed E-state index contributed by atoms with van der Waals surface area (Å²) in [7, 11) is 1.59. The number of imidazole rings is 1. The monoisotopic (exact) mass is 366 g/mol. The van der Waals surface area contributed by atoms with Gasteiger partial charge in [0.1, 0.15) is 6.33 Å². The molecule has 0 aliphatic rings. The Kier molecular flexibility index (Phi) is 5.40. The molecular weight excluding hydrogens is 344 g/mol. The molecule has 7 heteroatoms. The van der Waals surface area contributed by atoms with E-state index in [1.165, 1.54) is 4.90 Å². The normalized spacial score (nSPS) is 11.9. The van der Waals surface area contributed by atoms with Crippen LogP contribution in [0.2, 0.25) is 0 Å². The first kappa shape index (κ1) is 18.4. The number of rotatable bonds is 6. The molecule has 1 atom stereocenters. The number of aromatic nitrogens is 2. The molecule has 1 heterocycles. The van der Waals surface area contributed by atoms with Crippen molar-refractivity contribution in [3.63, 3.8) is 0 Å². The Bertz CT molecular complexity index is 949. The zero-order chi connectivity index (χ0) is 19.4. The Balaban J connectivity index is 1.61. The van der Waals surface area contributed by atoms with Crippen molar-refractivity contribution in [2.24, 2.45) is 5.92 Å². The zero-order valence-electron chi connectivity index (χ0n) is 15.3. The number of amides is 2. The largest absolute Gasteiger partial charge is 0.481 e. The zero-order valence-corrected chi connectivity index (χ0v) is 15.3. The second-order valence-corrected chi connectivity index (χ2v) is 6.55. The molecule has 0 saturated carbocycles. The van der Waals surface area contributed by atoms with Crippen LogP contribution in [0.3, 0.4) is 0 Å². The molecule has 0 radical (unpaired) electrons. The number of hydrogen-bond acceptors (Lipinski definition) is 3. The lowest BCUT2D eigenvalue weighted by molar-refractivity contribution is -0.141. The molecule has 0 aliphatic heterocycles. The van der Waals surface area contributed by atoms with E-state index in [1.54, 1.807) is 20.3 Å². The van der Waals surface area contributed by atoms with Crippen molar-refractivity contribution in [3.8, 4) is 5.69 Å². The molecule has 0 aliphatic carbocycles. The first-order valence-corrected chi connectivity index (χ1v) is 8.69. The molecule has 1 unspecified atom stereocenters. The molecule has 0 fully saturated rings. The summed E-state index contributed by atoms with van der Waals surface area (Å²) >= 11 is 0. The smallest absolute Gasteiger partial charge is 0.317 e. The van der Waals surface area contributed by atoms with Crippen LogP contribution >= 0.6 is 0 Å². The average Bonchev–Trinajstić information content (AvgIpc) is 3.10. The minimum atomic E-state index is -0.919. The van der Waals surface area contributed by atoms with Gasteiger partial charge in [0.15, 0.2) is 0 Å². The number of carbonyl (C=O) groups excluding carboxylic acids is 1. The number of hydrogen-bond donors (Lipinski definition) is 2. The fourth-order valence-corrected chi connectivity index (χ4v) is 2.82. The Morgan fingerprint density at radius 2 is 1.89 bits per heavy atom. The average molecular weight is 366 g/mol. The van der Waals surface area contributed by atoms with E-state index < -0.39 is 11.9 Å². The maximum absolute atomic E-state index is 12.1. The van der Waals surface area contributed by atoms with E-state index >= 15 is 0 Å². The van der Waals surface area contributed by atoms with Gasteiger partial charge in [0, 0.05) is 25.8 Å². The summed E-state index contributed by atoms with van der Waals surface area (Å²) in [6.45, 7) is 2.11. The molecule has 27 heavy (non-hydrogen) atoms. The van der Waals surface area contributed by atoms with Gasteiger partial charge in [-0.1, -0.05) is 31.2 Å². The summed E-state index contributed by atoms with van der Waals surface area (Å²) in [4.78, 5) is 28.7. The molecule has 3 rings (SSSR count). The molecule has 140 valence electrons. The number of nitrogens with one attached hydrogen (secondary N) is 1. The number of fused-ring (bicyclic) bond motifs is 1. The van der Waals surface area contributed by atoms with E-state index in [-0.39, 0.29) is 12.6 Å². The molecule has 3 aromatic rings. The highest BCUT2D eigenvalue weighted by molar-refractivity contribution is 5.77. The molecule has 0 spiro atoms. The Labute approximate surface area is 157 Å². The van der Waals surface area contributed by atoms with Crippen LogP contribution in [0, 0.1) is 5.92 Å². The van der Waals surface area contributed by atoms with Crippen LogP contribution < -0.4 is 5.32 Å². The summed E-state index contributed by atoms with van der Waals surface area (Å²) in [6, 6.07) is 15.5. The van der Waals surface area contributed by atoms with Crippen LogP contribution in [0.1, 0.15) is 12.5 Å². The second-order valence-electron chi connectivity index (χ2n) is 6.55. The van der Waals surface area contributed by atoms with Crippen molar-refractivity contribution in [2.75, 3.05) is 13.6 Å². The first-order valence-electron chi connectivity index (χ1n) is 8.69. The number of carbonyl (C=O) groups is 2. The topological polar surface area (TPSA) is 87.5 Å². The highest BCUT2D eigenvalue weighted by atomic mass is 16.4. The molecule has 2 aromatic carbocycles. The molecule has 7 nitrogen and oxygen atoms in total. The maximum Gasteiger partial charge on any atom is 0.317 e. The third-order valence-electron chi connectivity index (χ3n) is 4.43. The van der Waals surface area contributed by atoms with Gasteiger partial charge in [-0.2, -0.15) is 0 Å². The van der Waals surface area contributed by atoms with E-state index in [0.717, 1.165) is 22.3 Å². The Hall–Kier alpha value is -3.35. The van der Waals surface area contributed by atoms with E-state index in [4.69, 9.17) is 5.11 Å². The second kappa shape index (κ2) is 7.90. The van der Waals surface area contributed by atoms with Gasteiger partial charge < -0.3 is 15.3 Å². The predicted molar refractivity (Wildman–Crippen MR) is 103 cm³/mol. The van der Waals surface area contributed by atoms with Gasteiger partial charge in [-0.15, -0.1) is 0 Å². The van der Waals surface area contributed by atoms with Gasteiger partial charge in [-0.05, 0) is 29.8 Å². The van der Waals surface area contributed by atoms with Gasteiger partial charge in [0.2, 0.25) is 0 Å². The highest BCUT2D eigenvalue weighted by Gasteiger charge is 2.17. The summed E-state index contributed by atoms with van der Waals surface area (Å²) in [5.41, 5.74) is 3.92. The lowest BCUT2D eigenvalue weighted by Gasteiger charge is -2.20. The predicted octanol–water partition coefficient (Wildman–Crippen LogP) is 2.89. The Morgan fingerprint density at radius 3 is 2.59 bits per heavy atom. The van der Waals surface area contributed by atoms with Crippen molar-refractivity contribution in [1.29, 1.82) is 0 Å². The minimum Gasteiger partial charge on any atom is -0.481 e. The van der Waals surface area contributed by atoms with Crippen molar-refractivity contribution in [1.82, 2.24) is 19.8 Å². The third-order valence-corrected chi connectivity index (χ3v) is 4.43. The van der Waals surface area contributed by atoms with Crippen molar-refractivity contribution in [2.45, 2.75) is 13.5 Å². The van der Waals surface area contributed by atoms with Gasteiger partial charge in [0.25, 0.3) is 0 Å². The molecule has 1 aromatic heterocycles. The highest BCUT2D eigenvalue weighted by Crippen LogP contribution is 2.18. The quantitative estimate of drug-likeness (QED) is 0.702. The third kappa shape index (κ3) is 4.25. The van der Waals surface area contributed by atoms with Gasteiger partial charge in [0.05, 0.1) is 17.0 Å². The molecule has 2 N–H and O–H groups in total. The first-order chi connectivity index (χ1) is 13.0. The molecule has 0 bridgehead atoms. The van der Waals surface area contributed by atoms with Gasteiger partial charge >= 0.3 is 12.0 Å². The number of carboxylic acids is 1. The molecule has 0 saturated heterocycles. The fourth-order valence-electron chi connectivity index (χ4n) is 2.82. The van der Waals surface area contributed by atoms with Crippen LogP contribution in [0.25, 0.3) is 16.7 Å². The van der Waals surface area contributed by atoms with Crippen LogP contribution in [0.5, 0.6) is 0 Å². The van der Waals surface area contributed by atoms with Crippen molar-refractivity contribution >= 4 is 23.0 Å². The van der Waals surface area contributed by atoms with Crippen LogP contribution in [0.15, 0.2) is 54.9 Å². The van der Waals surface area contributed by atoms with Crippen LogP contribution in [-0.4, -0.2) is 45.2 Å². The summed E-state index contributed by atoms with van der Waals surface area (Å²) in [5, 5.41) is 11.7. The molecular formula is C20H22N4O3. The summed E-state index contributed by atoms with van der Waals surface area (Å²) in [6.07, 6.45) is 1.79. The number of nitrogens with zero attached hydrogens (tertiary/aromatic N) is 3. The minimum absolute atomic E-state index is 0.161. The number of aliphatic carboxylic acids is 1. The van der Waals surface area contributed by atoms with E-state index in [1.807, 2.05) is 53.1 Å². The Morgan fingerprint density at radius 1 is 1.19 bits per heavy atom. The van der Waals surface area contributed by atoms with Gasteiger partial charge in [-0.25, -0.2) is 9.78 Å². The van der Waals surface area contributed by atoms with E-state index in [9.17, 15) is 9.59 Å². The number of carboxylic acid groups (broad SMARTS) is 1. The van der Waals surface area contributed by atoms with Gasteiger partial charge in [-0.3, -0.25) is 9.36 Å². The lowest BCUT2D eigenvalue weighted by Crippen LogP contribution is -2.40. The van der Waals surface area contributed by atoms with Crippen LogP contribution in [-0.2, 0) is 11.3 Å². The number of benzene rings is 2. The fraction of sp³-hybridized carbons (Fsp3) is 0.250. The van der Waals surface area contributed by atoms with Crippen molar-refractivity contribution in [3.05, 3.63) is 60.4 Å². The molecule has 2 amide bonds. The lowest BCUT2D eigenvalue weighted by atomic mass is 10.2. The van der Waals surface area contributed by atoms with E-state index in [2.05, 4.69) is 10.3 Å². The standard InChI is InChI=1S/C20H22N4O3/c1-14(19(25)26)12-23(2)20(27)21-11-15-7-9-16(10-8-15)24-13-22-17-5-3-4-6-18(17)24/h3-10,13-14H,11-12H2,1-2H3,(H,21,27)(H,25,26). The van der Waals surface area contributed by atoms with Crippen molar-refractivity contribution < 1.29 is 14.7 Å². The number of urea groups is 1. The van der Waals surface area contributed by atoms with Crippen LogP contribution in [0.4, 0.5) is 4.79 Å². The number of para-hydroxylation sites is 2. The van der Waals surface area contributed by atoms with E-state index in [0.29, 0.717) is 6.54 Å².